The third kappa shape index (κ3) is 3.09. The number of halogens is 2. The summed E-state index contributed by atoms with van der Waals surface area (Å²) in [6.45, 7) is 0.276. The van der Waals surface area contributed by atoms with E-state index in [1.807, 2.05) is 0 Å². The van der Waals surface area contributed by atoms with Gasteiger partial charge in [-0.3, -0.25) is 0 Å². The maximum absolute atomic E-state index is 14.0. The number of rotatable bonds is 3. The van der Waals surface area contributed by atoms with Gasteiger partial charge in [0.05, 0.1) is 12.2 Å². The summed E-state index contributed by atoms with van der Waals surface area (Å²) in [6, 6.07) is 3.08. The van der Waals surface area contributed by atoms with Crippen LogP contribution in [0.5, 0.6) is 0 Å². The van der Waals surface area contributed by atoms with E-state index >= 15 is 0 Å². The predicted molar refractivity (Wildman–Crippen MR) is 79.4 cm³/mol. The molecule has 1 fully saturated rings. The highest BCUT2D eigenvalue weighted by molar-refractivity contribution is 5.65. The van der Waals surface area contributed by atoms with E-state index in [4.69, 9.17) is 9.52 Å². The second-order valence-electron chi connectivity index (χ2n) is 5.65. The molecular weight excluding hydrogens is 322 g/mol. The van der Waals surface area contributed by atoms with Crippen LogP contribution in [0.1, 0.15) is 30.3 Å². The maximum Gasteiger partial charge on any atom is 0.407 e. The van der Waals surface area contributed by atoms with E-state index in [-0.39, 0.29) is 22.9 Å². The highest BCUT2D eigenvalue weighted by Gasteiger charge is 2.28. The Balaban J connectivity index is 1.87. The van der Waals surface area contributed by atoms with Crippen LogP contribution in [-0.2, 0) is 6.61 Å². The zero-order valence-corrected chi connectivity index (χ0v) is 12.7. The number of likely N-dealkylation sites (tertiary alicyclic amines) is 1. The molecule has 1 aliphatic rings. The third-order valence-corrected chi connectivity index (χ3v) is 4.15. The Bertz CT molecular complexity index is 755. The Morgan fingerprint density at radius 2 is 2.04 bits per heavy atom. The second-order valence-corrected chi connectivity index (χ2v) is 5.65. The Kier molecular flexibility index (Phi) is 4.48. The van der Waals surface area contributed by atoms with Gasteiger partial charge < -0.3 is 19.5 Å². The first kappa shape index (κ1) is 16.4. The first-order valence-electron chi connectivity index (χ1n) is 7.53. The van der Waals surface area contributed by atoms with Gasteiger partial charge in [-0.05, 0) is 25.0 Å². The van der Waals surface area contributed by atoms with Crippen LogP contribution in [0.4, 0.5) is 13.6 Å². The fourth-order valence-electron chi connectivity index (χ4n) is 2.85. The van der Waals surface area contributed by atoms with Crippen molar-refractivity contribution in [3.05, 3.63) is 41.4 Å². The van der Waals surface area contributed by atoms with Crippen LogP contribution in [-0.4, -0.2) is 39.3 Å². The van der Waals surface area contributed by atoms with Crippen molar-refractivity contribution in [3.63, 3.8) is 0 Å². The molecule has 1 aromatic carbocycles. The van der Waals surface area contributed by atoms with Crippen LogP contribution < -0.4 is 0 Å². The topological polar surface area (TPSA) is 86.8 Å². The van der Waals surface area contributed by atoms with Crippen LogP contribution in [0.3, 0.4) is 0 Å². The number of aromatic nitrogens is 1. The van der Waals surface area contributed by atoms with E-state index in [1.165, 1.54) is 11.0 Å². The van der Waals surface area contributed by atoms with Crippen molar-refractivity contribution in [1.29, 1.82) is 0 Å². The Labute approximate surface area is 136 Å². The molecule has 0 atom stereocenters. The van der Waals surface area contributed by atoms with Crippen molar-refractivity contribution >= 4 is 6.09 Å². The quantitative estimate of drug-likeness (QED) is 0.898. The van der Waals surface area contributed by atoms with Crippen LogP contribution in [0.25, 0.3) is 11.3 Å². The van der Waals surface area contributed by atoms with Gasteiger partial charge in [0.1, 0.15) is 17.3 Å². The Morgan fingerprint density at radius 1 is 1.33 bits per heavy atom. The van der Waals surface area contributed by atoms with E-state index < -0.39 is 24.3 Å². The molecule has 6 nitrogen and oxygen atoms in total. The summed E-state index contributed by atoms with van der Waals surface area (Å²) in [5.74, 6) is -1.20. The number of piperidine rings is 1. The lowest BCUT2D eigenvalue weighted by Gasteiger charge is -2.28. The van der Waals surface area contributed by atoms with Crippen LogP contribution >= 0.6 is 0 Å². The van der Waals surface area contributed by atoms with Gasteiger partial charge in [-0.15, -0.1) is 0 Å². The number of hydrogen-bond donors (Lipinski definition) is 2. The Morgan fingerprint density at radius 3 is 2.62 bits per heavy atom. The lowest BCUT2D eigenvalue weighted by Crippen LogP contribution is -2.36. The molecule has 3 rings (SSSR count). The predicted octanol–water partition coefficient (Wildman–Crippen LogP) is 2.97. The summed E-state index contributed by atoms with van der Waals surface area (Å²) >= 11 is 0. The molecule has 0 saturated carbocycles. The zero-order valence-electron chi connectivity index (χ0n) is 12.7. The van der Waals surface area contributed by atoms with E-state index in [0.717, 1.165) is 12.1 Å². The smallest absolute Gasteiger partial charge is 0.407 e. The Hall–Kier alpha value is -2.48. The van der Waals surface area contributed by atoms with E-state index in [0.29, 0.717) is 31.8 Å². The number of hydrogen-bond acceptors (Lipinski definition) is 4. The fourth-order valence-corrected chi connectivity index (χ4v) is 2.85. The highest BCUT2D eigenvalue weighted by Crippen LogP contribution is 2.34. The number of benzene rings is 1. The number of carboxylic acid groups (broad SMARTS) is 1. The molecule has 1 aliphatic heterocycles. The van der Waals surface area contributed by atoms with E-state index in [2.05, 4.69) is 4.98 Å². The number of carbonyl (C=O) groups is 1. The van der Waals surface area contributed by atoms with Gasteiger partial charge in [-0.2, -0.15) is 0 Å². The number of amides is 1. The molecular formula is C16H16F2N2O4. The first-order chi connectivity index (χ1) is 11.5. The molecule has 2 N–H and O–H groups in total. The van der Waals surface area contributed by atoms with Crippen molar-refractivity contribution in [3.8, 4) is 11.3 Å². The first-order valence-corrected chi connectivity index (χ1v) is 7.53. The molecule has 2 heterocycles. The number of nitrogens with zero attached hydrogens (tertiary/aromatic N) is 2. The van der Waals surface area contributed by atoms with Crippen molar-refractivity contribution in [2.75, 3.05) is 13.1 Å². The van der Waals surface area contributed by atoms with Gasteiger partial charge >= 0.3 is 6.09 Å². The maximum atomic E-state index is 14.0. The minimum atomic E-state index is -0.967. The fraction of sp³-hybridized carbons (Fsp3) is 0.375. The zero-order chi connectivity index (χ0) is 17.3. The van der Waals surface area contributed by atoms with Gasteiger partial charge in [-0.25, -0.2) is 18.6 Å². The average Bonchev–Trinajstić information content (AvgIpc) is 2.99. The lowest BCUT2D eigenvalue weighted by atomic mass is 9.97. The molecule has 0 radical (unpaired) electrons. The van der Waals surface area contributed by atoms with Gasteiger partial charge in [0.25, 0.3) is 0 Å². The molecule has 0 unspecified atom stereocenters. The number of aliphatic hydroxyl groups is 1. The second kappa shape index (κ2) is 6.56. The monoisotopic (exact) mass is 338 g/mol. The molecule has 2 aromatic rings. The lowest BCUT2D eigenvalue weighted by molar-refractivity contribution is 0.129. The summed E-state index contributed by atoms with van der Waals surface area (Å²) < 4.78 is 32.7. The van der Waals surface area contributed by atoms with E-state index in [9.17, 15) is 18.7 Å². The highest BCUT2D eigenvalue weighted by atomic mass is 19.1. The van der Waals surface area contributed by atoms with Crippen molar-refractivity contribution in [1.82, 2.24) is 9.88 Å². The molecule has 0 aliphatic carbocycles. The SMILES string of the molecule is O=C(O)N1CCC(c2nc(CO)c(-c3ccc(F)cc3F)o2)CC1. The average molecular weight is 338 g/mol. The van der Waals surface area contributed by atoms with Gasteiger partial charge in [0.2, 0.25) is 0 Å². The van der Waals surface area contributed by atoms with Gasteiger partial charge in [0.15, 0.2) is 11.7 Å². The van der Waals surface area contributed by atoms with Gasteiger partial charge in [0, 0.05) is 25.1 Å². The molecule has 1 aromatic heterocycles. The largest absolute Gasteiger partial charge is 0.465 e. The number of aliphatic hydroxyl groups excluding tert-OH is 1. The minimum Gasteiger partial charge on any atom is -0.465 e. The molecule has 1 saturated heterocycles. The summed E-state index contributed by atoms with van der Waals surface area (Å²) in [5, 5.41) is 18.4. The standard InChI is InChI=1S/C16H16F2N2O4/c17-10-1-2-11(12(18)7-10)14-13(8-21)19-15(24-14)9-3-5-20(6-4-9)16(22)23/h1-2,7,9,21H,3-6,8H2,(H,22,23). The molecule has 1 amide bonds. The van der Waals surface area contributed by atoms with Crippen LogP contribution in [0, 0.1) is 11.6 Å². The number of oxazole rings is 1. The summed E-state index contributed by atoms with van der Waals surface area (Å²) in [6.07, 6.45) is 0.0949. The molecule has 24 heavy (non-hydrogen) atoms. The summed E-state index contributed by atoms with van der Waals surface area (Å²) in [5.41, 5.74) is 0.207. The van der Waals surface area contributed by atoms with Crippen molar-refractivity contribution in [2.24, 2.45) is 0 Å². The minimum absolute atomic E-state index is 0.0298. The van der Waals surface area contributed by atoms with Crippen molar-refractivity contribution < 1.29 is 28.2 Å². The van der Waals surface area contributed by atoms with Crippen molar-refractivity contribution in [2.45, 2.75) is 25.4 Å². The van der Waals surface area contributed by atoms with E-state index in [1.54, 1.807) is 0 Å². The molecule has 8 heteroatoms. The van der Waals surface area contributed by atoms with Crippen LogP contribution in [0.15, 0.2) is 22.6 Å². The van der Waals surface area contributed by atoms with Gasteiger partial charge in [-0.1, -0.05) is 0 Å². The molecule has 0 spiro atoms. The summed E-state index contributed by atoms with van der Waals surface area (Å²) in [4.78, 5) is 16.5. The normalized spacial score (nSPS) is 15.7. The third-order valence-electron chi connectivity index (χ3n) is 4.15. The summed E-state index contributed by atoms with van der Waals surface area (Å²) in [7, 11) is 0. The molecule has 0 bridgehead atoms. The van der Waals surface area contributed by atoms with Crippen LogP contribution in [0.2, 0.25) is 0 Å². The molecule has 128 valence electrons.